The highest BCUT2D eigenvalue weighted by Gasteiger charge is 2.18. The van der Waals surface area contributed by atoms with Crippen molar-refractivity contribution in [2.45, 2.75) is 25.3 Å². The summed E-state index contributed by atoms with van der Waals surface area (Å²) >= 11 is 1.49. The van der Waals surface area contributed by atoms with Gasteiger partial charge in [-0.1, -0.05) is 12.1 Å². The van der Waals surface area contributed by atoms with Gasteiger partial charge in [0.25, 0.3) is 0 Å². The molecule has 0 radical (unpaired) electrons. The number of carbonyl (C=O) groups is 2. The highest BCUT2D eigenvalue weighted by atomic mass is 32.1. The molecule has 1 aromatic carbocycles. The van der Waals surface area contributed by atoms with E-state index in [-0.39, 0.29) is 11.6 Å². The van der Waals surface area contributed by atoms with E-state index in [1.807, 2.05) is 6.20 Å². The van der Waals surface area contributed by atoms with E-state index >= 15 is 0 Å². The molecule has 0 unspecified atom stereocenters. The molecule has 1 aromatic heterocycles. The predicted molar refractivity (Wildman–Crippen MR) is 94.2 cm³/mol. The van der Waals surface area contributed by atoms with Crippen molar-refractivity contribution in [2.75, 3.05) is 18.5 Å². The number of hydrogen-bond acceptors (Lipinski definition) is 5. The van der Waals surface area contributed by atoms with Gasteiger partial charge >= 0.3 is 12.0 Å². The topological polar surface area (TPSA) is 101 Å². The average molecular weight is 361 g/mol. The van der Waals surface area contributed by atoms with Crippen molar-refractivity contribution in [3.05, 3.63) is 46.5 Å². The molecule has 1 aliphatic rings. The number of benzene rings is 1. The lowest BCUT2D eigenvalue weighted by Crippen LogP contribution is -2.28. The summed E-state index contributed by atoms with van der Waals surface area (Å²) in [7, 11) is 0. The number of carboxylic acid groups (broad SMARTS) is 1. The molecule has 25 heavy (non-hydrogen) atoms. The van der Waals surface area contributed by atoms with Gasteiger partial charge in [-0.3, -0.25) is 5.32 Å². The maximum absolute atomic E-state index is 12.0. The van der Waals surface area contributed by atoms with Gasteiger partial charge in [0.15, 0.2) is 5.13 Å². The number of hydrogen-bond donors (Lipinski definition) is 3. The van der Waals surface area contributed by atoms with Crippen molar-refractivity contribution in [3.63, 3.8) is 0 Å². The number of rotatable bonds is 5. The third kappa shape index (κ3) is 4.77. The predicted octanol–water partition coefficient (Wildman–Crippen LogP) is 3.06. The zero-order valence-corrected chi connectivity index (χ0v) is 14.3. The lowest BCUT2D eigenvalue weighted by molar-refractivity contribution is 0.0696. The van der Waals surface area contributed by atoms with E-state index in [4.69, 9.17) is 9.84 Å². The number of nitrogens with zero attached hydrogens (tertiary/aromatic N) is 1. The maximum atomic E-state index is 12.0. The van der Waals surface area contributed by atoms with Gasteiger partial charge < -0.3 is 15.2 Å². The van der Waals surface area contributed by atoms with Crippen LogP contribution in [0.1, 0.15) is 39.6 Å². The molecule has 2 amide bonds. The normalized spacial score (nSPS) is 14.9. The second-order valence-corrected chi connectivity index (χ2v) is 6.83. The number of thiazole rings is 1. The van der Waals surface area contributed by atoms with E-state index in [0.717, 1.165) is 31.6 Å². The number of carboxylic acids is 1. The van der Waals surface area contributed by atoms with Crippen molar-refractivity contribution in [1.29, 1.82) is 0 Å². The Morgan fingerprint density at radius 1 is 1.24 bits per heavy atom. The van der Waals surface area contributed by atoms with E-state index in [1.165, 1.54) is 28.3 Å². The smallest absolute Gasteiger partial charge is 0.335 e. The van der Waals surface area contributed by atoms with Crippen LogP contribution in [0.3, 0.4) is 0 Å². The molecule has 2 heterocycles. The number of aromatic carboxylic acids is 1. The molecule has 0 spiro atoms. The van der Waals surface area contributed by atoms with Gasteiger partial charge in [0.2, 0.25) is 0 Å². The largest absolute Gasteiger partial charge is 0.478 e. The first-order valence-electron chi connectivity index (χ1n) is 8.02. The quantitative estimate of drug-likeness (QED) is 0.760. The summed E-state index contributed by atoms with van der Waals surface area (Å²) in [5.74, 6) is -0.515. The molecule has 8 heteroatoms. The molecule has 7 nitrogen and oxygen atoms in total. The molecule has 3 N–H and O–H groups in total. The molecule has 0 saturated carbocycles. The Labute approximate surface area is 149 Å². The molecule has 1 aliphatic heterocycles. The molecule has 132 valence electrons. The van der Waals surface area contributed by atoms with E-state index in [2.05, 4.69) is 15.6 Å². The first kappa shape index (κ1) is 17.4. The first-order chi connectivity index (χ1) is 12.1. The summed E-state index contributed by atoms with van der Waals surface area (Å²) in [5, 5.41) is 14.9. The molecule has 1 fully saturated rings. The van der Waals surface area contributed by atoms with Gasteiger partial charge in [0.1, 0.15) is 0 Å². The number of anilines is 1. The van der Waals surface area contributed by atoms with Crippen LogP contribution in [0, 0.1) is 0 Å². The van der Waals surface area contributed by atoms with Gasteiger partial charge in [0, 0.05) is 30.8 Å². The summed E-state index contributed by atoms with van der Waals surface area (Å²) in [6.45, 7) is 1.85. The van der Waals surface area contributed by atoms with Crippen molar-refractivity contribution < 1.29 is 19.4 Å². The van der Waals surface area contributed by atoms with E-state index in [9.17, 15) is 9.59 Å². The van der Waals surface area contributed by atoms with Crippen LogP contribution in [0.5, 0.6) is 0 Å². The van der Waals surface area contributed by atoms with Gasteiger partial charge in [-0.2, -0.15) is 0 Å². The SMILES string of the molecule is O=C(NCc1ccc(C(=O)O)cc1)Nc1ncc(C2CCOCC2)s1. The van der Waals surface area contributed by atoms with Crippen LogP contribution < -0.4 is 10.6 Å². The van der Waals surface area contributed by atoms with Gasteiger partial charge in [0.05, 0.1) is 5.56 Å². The Bertz CT molecular complexity index is 739. The van der Waals surface area contributed by atoms with Gasteiger partial charge in [-0.25, -0.2) is 14.6 Å². The Morgan fingerprint density at radius 2 is 1.96 bits per heavy atom. The van der Waals surface area contributed by atoms with Crippen LogP contribution in [0.4, 0.5) is 9.93 Å². The first-order valence-corrected chi connectivity index (χ1v) is 8.84. The van der Waals surface area contributed by atoms with Crippen molar-refractivity contribution in [1.82, 2.24) is 10.3 Å². The molecular weight excluding hydrogens is 342 g/mol. The number of urea groups is 1. The van der Waals surface area contributed by atoms with E-state index < -0.39 is 5.97 Å². The van der Waals surface area contributed by atoms with Crippen LogP contribution in [0.2, 0.25) is 0 Å². The van der Waals surface area contributed by atoms with Crippen molar-refractivity contribution in [2.24, 2.45) is 0 Å². The Morgan fingerprint density at radius 3 is 2.64 bits per heavy atom. The molecule has 0 bridgehead atoms. The minimum absolute atomic E-state index is 0.219. The van der Waals surface area contributed by atoms with Crippen LogP contribution in [-0.4, -0.2) is 35.3 Å². The van der Waals surface area contributed by atoms with Gasteiger partial charge in [-0.15, -0.1) is 11.3 Å². The Hall–Kier alpha value is -2.45. The molecule has 3 rings (SSSR count). The fraction of sp³-hybridized carbons (Fsp3) is 0.353. The number of aromatic nitrogens is 1. The van der Waals surface area contributed by atoms with Gasteiger partial charge in [-0.05, 0) is 36.5 Å². The number of ether oxygens (including phenoxy) is 1. The minimum atomic E-state index is -0.971. The summed E-state index contributed by atoms with van der Waals surface area (Å²) < 4.78 is 5.36. The second kappa shape index (κ2) is 8.09. The van der Waals surface area contributed by atoms with Crippen LogP contribution in [0.25, 0.3) is 0 Å². The third-order valence-electron chi connectivity index (χ3n) is 4.02. The number of carbonyl (C=O) groups excluding carboxylic acids is 1. The Kier molecular flexibility index (Phi) is 5.62. The van der Waals surface area contributed by atoms with Crippen molar-refractivity contribution in [3.8, 4) is 0 Å². The maximum Gasteiger partial charge on any atom is 0.335 e. The Balaban J connectivity index is 1.49. The highest BCUT2D eigenvalue weighted by molar-refractivity contribution is 7.15. The van der Waals surface area contributed by atoms with Crippen LogP contribution in [-0.2, 0) is 11.3 Å². The lowest BCUT2D eigenvalue weighted by Gasteiger charge is -2.20. The molecule has 0 atom stereocenters. The summed E-state index contributed by atoms with van der Waals surface area (Å²) in [6.07, 6.45) is 3.79. The highest BCUT2D eigenvalue weighted by Crippen LogP contribution is 2.32. The van der Waals surface area contributed by atoms with Crippen LogP contribution in [0.15, 0.2) is 30.5 Å². The monoisotopic (exact) mass is 361 g/mol. The fourth-order valence-corrected chi connectivity index (χ4v) is 3.58. The molecule has 2 aromatic rings. The lowest BCUT2D eigenvalue weighted by atomic mass is 9.99. The fourth-order valence-electron chi connectivity index (χ4n) is 2.60. The second-order valence-electron chi connectivity index (χ2n) is 5.76. The molecule has 0 aliphatic carbocycles. The summed E-state index contributed by atoms with van der Waals surface area (Å²) in [5.41, 5.74) is 1.04. The number of nitrogens with one attached hydrogen (secondary N) is 2. The summed E-state index contributed by atoms with van der Waals surface area (Å²) in [4.78, 5) is 28.2. The van der Waals surface area contributed by atoms with Crippen LogP contribution >= 0.6 is 11.3 Å². The van der Waals surface area contributed by atoms with E-state index in [1.54, 1.807) is 12.1 Å². The third-order valence-corrected chi connectivity index (χ3v) is 5.10. The van der Waals surface area contributed by atoms with Crippen molar-refractivity contribution >= 4 is 28.5 Å². The molecule has 1 saturated heterocycles. The zero-order valence-electron chi connectivity index (χ0n) is 13.5. The minimum Gasteiger partial charge on any atom is -0.478 e. The van der Waals surface area contributed by atoms with E-state index in [0.29, 0.717) is 17.6 Å². The number of amides is 2. The molecular formula is C17H19N3O4S. The zero-order chi connectivity index (χ0) is 17.6. The summed E-state index contributed by atoms with van der Waals surface area (Å²) in [6, 6.07) is 6.04. The standard InChI is InChI=1S/C17H19N3O4S/c21-15(22)13-3-1-11(2-4-13)9-18-16(23)20-17-19-10-14(25-17)12-5-7-24-8-6-12/h1-4,10,12H,5-9H2,(H,21,22)(H2,18,19,20,23). The average Bonchev–Trinajstić information content (AvgIpc) is 3.09.